The normalized spacial score (nSPS) is 23.2. The molecule has 0 bridgehead atoms. The van der Waals surface area contributed by atoms with Gasteiger partial charge < -0.3 is 19.5 Å². The zero-order valence-corrected chi connectivity index (χ0v) is 23.2. The Balaban J connectivity index is 1.29. The van der Waals surface area contributed by atoms with E-state index in [-0.39, 0.29) is 12.2 Å². The monoisotopic (exact) mass is 576 g/mol. The number of β-lactam (4-membered cyclic amide) rings is 1. The minimum atomic E-state index is -0.825. The molecule has 4 heterocycles. The van der Waals surface area contributed by atoms with Crippen LogP contribution >= 0.6 is 11.8 Å². The van der Waals surface area contributed by atoms with Gasteiger partial charge in [-0.15, -0.1) is 16.9 Å². The van der Waals surface area contributed by atoms with Gasteiger partial charge in [0.05, 0.1) is 12.2 Å². The molecule has 3 aliphatic heterocycles. The molecular formula is C28H28N6O6S. The summed E-state index contributed by atoms with van der Waals surface area (Å²) in [6, 6.07) is 18.0. The number of amides is 2. The van der Waals surface area contributed by atoms with Crippen molar-refractivity contribution in [3.63, 3.8) is 0 Å². The number of aromatic nitrogens is 4. The van der Waals surface area contributed by atoms with E-state index in [9.17, 15) is 14.4 Å². The highest BCUT2D eigenvalue weighted by Crippen LogP contribution is 2.44. The molecule has 6 rings (SSSR count). The summed E-state index contributed by atoms with van der Waals surface area (Å²) in [7, 11) is 0. The Labute approximate surface area is 240 Å². The van der Waals surface area contributed by atoms with Crippen LogP contribution in [0.1, 0.15) is 31.1 Å². The van der Waals surface area contributed by atoms with Crippen molar-refractivity contribution in [3.05, 3.63) is 89.4 Å². The number of esters is 1. The number of thioether (sulfide) groups is 1. The van der Waals surface area contributed by atoms with Crippen LogP contribution in [0.4, 0.5) is 0 Å². The molecule has 3 aliphatic rings. The fraction of sp³-hybridized carbons (Fsp3) is 0.357. The number of carbonyl (C=O) groups excluding carboxylic acids is 3. The Morgan fingerprint density at radius 3 is 2.39 bits per heavy atom. The fourth-order valence-electron chi connectivity index (χ4n) is 4.98. The van der Waals surface area contributed by atoms with Gasteiger partial charge in [-0.05, 0) is 35.4 Å². The van der Waals surface area contributed by atoms with Crippen molar-refractivity contribution < 1.29 is 28.6 Å². The van der Waals surface area contributed by atoms with Gasteiger partial charge in [0, 0.05) is 11.3 Å². The van der Waals surface area contributed by atoms with Crippen LogP contribution < -0.4 is 5.32 Å². The fourth-order valence-corrected chi connectivity index (χ4v) is 6.34. The highest BCUT2D eigenvalue weighted by atomic mass is 32.2. The first-order chi connectivity index (χ1) is 19.8. The van der Waals surface area contributed by atoms with Crippen LogP contribution in [0.25, 0.3) is 0 Å². The van der Waals surface area contributed by atoms with Gasteiger partial charge in [0.25, 0.3) is 5.91 Å². The molecule has 0 saturated carbocycles. The Kier molecular flexibility index (Phi) is 7.32. The quantitative estimate of drug-likeness (QED) is 0.312. The van der Waals surface area contributed by atoms with Crippen LogP contribution in [0.2, 0.25) is 0 Å². The number of fused-ring (bicyclic) bond motifs is 1. The second kappa shape index (κ2) is 11.1. The van der Waals surface area contributed by atoms with Gasteiger partial charge >= 0.3 is 5.97 Å². The number of hydrogen-bond acceptors (Lipinski definition) is 10. The molecule has 0 spiro atoms. The lowest BCUT2D eigenvalue weighted by Crippen LogP contribution is -2.71. The van der Waals surface area contributed by atoms with Gasteiger partial charge in [-0.25, -0.2) is 9.48 Å². The second-order valence-corrected chi connectivity index (χ2v) is 11.6. The first-order valence-corrected chi connectivity index (χ1v) is 14.1. The molecular weight excluding hydrogens is 548 g/mol. The molecule has 2 amide bonds. The maximum Gasteiger partial charge on any atom is 0.356 e. The van der Waals surface area contributed by atoms with Crippen molar-refractivity contribution in [1.29, 1.82) is 0 Å². The van der Waals surface area contributed by atoms with Gasteiger partial charge in [0.2, 0.25) is 5.91 Å². The molecule has 1 N–H and O–H groups in total. The number of tetrazole rings is 1. The SMILES string of the molecule is CC1(C)COC(C2=C(C(=O)OC(c3ccccc3)c3ccccc3)N3C(=O)C(NC(=O)Cn4cnnn4)[C@@H]3SC2)O1. The van der Waals surface area contributed by atoms with Crippen molar-refractivity contribution >= 4 is 29.5 Å². The van der Waals surface area contributed by atoms with Gasteiger partial charge in [0.1, 0.15) is 30.0 Å². The van der Waals surface area contributed by atoms with E-state index in [1.807, 2.05) is 74.5 Å². The Bertz CT molecular complexity index is 1430. The van der Waals surface area contributed by atoms with E-state index in [1.54, 1.807) is 0 Å². The lowest BCUT2D eigenvalue weighted by atomic mass is 10.0. The molecule has 2 aromatic carbocycles. The summed E-state index contributed by atoms with van der Waals surface area (Å²) in [5.41, 5.74) is 1.62. The van der Waals surface area contributed by atoms with E-state index in [2.05, 4.69) is 20.8 Å². The Morgan fingerprint density at radius 1 is 1.12 bits per heavy atom. The molecule has 2 saturated heterocycles. The van der Waals surface area contributed by atoms with Gasteiger partial charge in [-0.2, -0.15) is 0 Å². The maximum atomic E-state index is 14.1. The first-order valence-electron chi connectivity index (χ1n) is 13.1. The van der Waals surface area contributed by atoms with Crippen LogP contribution in [0.15, 0.2) is 78.3 Å². The minimum absolute atomic E-state index is 0.0873. The number of nitrogens with one attached hydrogen (secondary N) is 1. The third-order valence-corrected chi connectivity index (χ3v) is 8.23. The zero-order valence-electron chi connectivity index (χ0n) is 22.4. The van der Waals surface area contributed by atoms with Gasteiger partial charge in [-0.1, -0.05) is 60.7 Å². The number of nitrogens with zero attached hydrogens (tertiary/aromatic N) is 5. The summed E-state index contributed by atoms with van der Waals surface area (Å²) >= 11 is 1.42. The van der Waals surface area contributed by atoms with E-state index >= 15 is 0 Å². The summed E-state index contributed by atoms with van der Waals surface area (Å²) in [4.78, 5) is 41.5. The lowest BCUT2D eigenvalue weighted by molar-refractivity contribution is -0.155. The van der Waals surface area contributed by atoms with E-state index in [1.165, 1.54) is 27.7 Å². The molecule has 0 radical (unpaired) electrons. The van der Waals surface area contributed by atoms with E-state index in [0.29, 0.717) is 17.9 Å². The molecule has 0 aliphatic carbocycles. The molecule has 12 nitrogen and oxygen atoms in total. The minimum Gasteiger partial charge on any atom is -0.448 e. The van der Waals surface area contributed by atoms with Gasteiger partial charge in [-0.3, -0.25) is 14.5 Å². The van der Waals surface area contributed by atoms with Crippen LogP contribution in [0.5, 0.6) is 0 Å². The van der Waals surface area contributed by atoms with E-state index in [4.69, 9.17) is 14.2 Å². The van der Waals surface area contributed by atoms with E-state index in [0.717, 1.165) is 11.1 Å². The highest BCUT2D eigenvalue weighted by molar-refractivity contribution is 8.00. The number of carbonyl (C=O) groups is 3. The largest absolute Gasteiger partial charge is 0.448 e. The third kappa shape index (κ3) is 5.47. The first kappa shape index (κ1) is 27.1. The Morgan fingerprint density at radius 2 is 1.80 bits per heavy atom. The number of benzene rings is 2. The number of hydrogen-bond donors (Lipinski definition) is 1. The van der Waals surface area contributed by atoms with Gasteiger partial charge in [0.15, 0.2) is 12.4 Å². The highest BCUT2D eigenvalue weighted by Gasteiger charge is 2.56. The molecule has 3 aromatic rings. The predicted molar refractivity (Wildman–Crippen MR) is 146 cm³/mol. The smallest absolute Gasteiger partial charge is 0.356 e. The van der Waals surface area contributed by atoms with Crippen molar-refractivity contribution in [3.8, 4) is 0 Å². The molecule has 41 heavy (non-hydrogen) atoms. The Hall–Kier alpha value is -4.07. The second-order valence-electron chi connectivity index (χ2n) is 10.5. The summed E-state index contributed by atoms with van der Waals surface area (Å²) in [6.07, 6.45) is -0.211. The zero-order chi connectivity index (χ0) is 28.6. The van der Waals surface area contributed by atoms with Crippen LogP contribution in [-0.4, -0.2) is 78.6 Å². The molecule has 2 fully saturated rings. The topological polar surface area (TPSA) is 138 Å². The molecule has 2 unspecified atom stereocenters. The van der Waals surface area contributed by atoms with Crippen molar-refractivity contribution in [2.45, 2.75) is 49.8 Å². The number of ether oxygens (including phenoxy) is 3. The van der Waals surface area contributed by atoms with Crippen molar-refractivity contribution in [2.24, 2.45) is 0 Å². The van der Waals surface area contributed by atoms with Crippen LogP contribution in [0.3, 0.4) is 0 Å². The lowest BCUT2D eigenvalue weighted by Gasteiger charge is -2.50. The standard InChI is InChI=1S/C28H28N6O6S/c1-28(2)15-38-27(40-28)19-14-41-25-21(30-20(35)13-33-16-29-31-32-33)24(36)34(25)22(19)26(37)39-23(17-9-5-3-6-10-17)18-11-7-4-8-12-18/h3-12,16,21,23,25,27H,13-15H2,1-2H3,(H,30,35)/t21?,25-,27?/m0/s1. The van der Waals surface area contributed by atoms with E-state index < -0.39 is 47.2 Å². The molecule has 212 valence electrons. The molecule has 13 heteroatoms. The summed E-state index contributed by atoms with van der Waals surface area (Å²) in [5, 5.41) is 13.0. The molecule has 1 aromatic heterocycles. The average molecular weight is 577 g/mol. The average Bonchev–Trinajstić information content (AvgIpc) is 3.63. The molecule has 3 atom stereocenters. The maximum absolute atomic E-state index is 14.1. The van der Waals surface area contributed by atoms with Crippen molar-refractivity contribution in [2.75, 3.05) is 12.4 Å². The number of rotatable bonds is 8. The summed E-state index contributed by atoms with van der Waals surface area (Å²) in [6.45, 7) is 3.99. The van der Waals surface area contributed by atoms with Crippen LogP contribution in [-0.2, 0) is 35.1 Å². The third-order valence-electron chi connectivity index (χ3n) is 6.93. The summed E-state index contributed by atoms with van der Waals surface area (Å²) in [5.74, 6) is -1.18. The summed E-state index contributed by atoms with van der Waals surface area (Å²) < 4.78 is 19.5. The predicted octanol–water partition coefficient (Wildman–Crippen LogP) is 1.81. The van der Waals surface area contributed by atoms with Crippen LogP contribution in [0, 0.1) is 0 Å². The van der Waals surface area contributed by atoms with Crippen molar-refractivity contribution in [1.82, 2.24) is 30.4 Å².